The van der Waals surface area contributed by atoms with Crippen LogP contribution in [0, 0.1) is 5.92 Å². The van der Waals surface area contributed by atoms with Crippen LogP contribution in [0.1, 0.15) is 97.3 Å². The number of rotatable bonds is 16. The van der Waals surface area contributed by atoms with Crippen LogP contribution in [-0.2, 0) is 9.59 Å². The van der Waals surface area contributed by atoms with E-state index >= 15 is 0 Å². The number of carbonyl (C=O) groups excluding carboxylic acids is 1. The molecule has 0 saturated carbocycles. The number of aliphatic hydroxyl groups excluding tert-OH is 1. The Morgan fingerprint density at radius 1 is 0.826 bits per heavy atom. The van der Waals surface area contributed by atoms with E-state index in [2.05, 4.69) is 6.92 Å². The van der Waals surface area contributed by atoms with Gasteiger partial charge in [-0.05, 0) is 39.0 Å². The third kappa shape index (κ3) is 14.4. The maximum atomic E-state index is 11.7. The van der Waals surface area contributed by atoms with Gasteiger partial charge >= 0.3 is 5.97 Å². The summed E-state index contributed by atoms with van der Waals surface area (Å²) in [4.78, 5) is 22.1. The summed E-state index contributed by atoms with van der Waals surface area (Å²) < 4.78 is 0. The van der Waals surface area contributed by atoms with Gasteiger partial charge in [0.1, 0.15) is 5.78 Å². The van der Waals surface area contributed by atoms with Gasteiger partial charge in [0, 0.05) is 12.3 Å². The number of hydrogen-bond acceptors (Lipinski definition) is 3. The lowest BCUT2D eigenvalue weighted by molar-refractivity contribution is -0.137. The molecule has 0 aromatic rings. The SMILES string of the molecule is CCC[C@H](O)CCCCC[C@@H](CCCCCCC(=O)O)C(C)=O. The zero-order chi connectivity index (χ0) is 17.5. The third-order valence-corrected chi connectivity index (χ3v) is 4.48. The quantitative estimate of drug-likeness (QED) is 0.402. The molecule has 0 unspecified atom stereocenters. The van der Waals surface area contributed by atoms with Crippen molar-refractivity contribution in [2.75, 3.05) is 0 Å². The van der Waals surface area contributed by atoms with Crippen LogP contribution >= 0.6 is 0 Å². The molecule has 0 aromatic carbocycles. The molecule has 4 nitrogen and oxygen atoms in total. The fourth-order valence-corrected chi connectivity index (χ4v) is 3.00. The van der Waals surface area contributed by atoms with Gasteiger partial charge in [0.15, 0.2) is 0 Å². The van der Waals surface area contributed by atoms with E-state index in [-0.39, 0.29) is 24.2 Å². The Hall–Kier alpha value is -0.900. The molecule has 0 amide bonds. The summed E-state index contributed by atoms with van der Waals surface area (Å²) in [6.45, 7) is 3.77. The number of carboxylic acid groups (broad SMARTS) is 1. The molecule has 0 radical (unpaired) electrons. The Morgan fingerprint density at radius 3 is 1.87 bits per heavy atom. The fraction of sp³-hybridized carbons (Fsp3) is 0.895. The number of ketones is 1. The first-order chi connectivity index (χ1) is 11.0. The normalized spacial score (nSPS) is 13.7. The molecule has 0 aliphatic carbocycles. The number of unbranched alkanes of at least 4 members (excludes halogenated alkanes) is 5. The number of aliphatic carboxylic acids is 1. The Labute approximate surface area is 141 Å². The minimum Gasteiger partial charge on any atom is -0.481 e. The summed E-state index contributed by atoms with van der Waals surface area (Å²) in [5, 5.41) is 18.3. The zero-order valence-electron chi connectivity index (χ0n) is 15.1. The van der Waals surface area contributed by atoms with E-state index in [1.807, 2.05) is 0 Å². The van der Waals surface area contributed by atoms with Crippen molar-refractivity contribution in [2.24, 2.45) is 5.92 Å². The molecule has 0 heterocycles. The summed E-state index contributed by atoms with van der Waals surface area (Å²) in [5.74, 6) is -0.285. The van der Waals surface area contributed by atoms with E-state index in [0.29, 0.717) is 0 Å². The predicted octanol–water partition coefficient (Wildman–Crippen LogP) is 4.73. The minimum atomic E-state index is -0.726. The first-order valence-electron chi connectivity index (χ1n) is 9.37. The van der Waals surface area contributed by atoms with Crippen molar-refractivity contribution < 1.29 is 19.8 Å². The average molecular weight is 328 g/mol. The van der Waals surface area contributed by atoms with Crippen LogP contribution in [0.4, 0.5) is 0 Å². The third-order valence-electron chi connectivity index (χ3n) is 4.48. The summed E-state index contributed by atoms with van der Waals surface area (Å²) in [6, 6.07) is 0. The largest absolute Gasteiger partial charge is 0.481 e. The second-order valence-corrected chi connectivity index (χ2v) is 6.73. The summed E-state index contributed by atoms with van der Waals surface area (Å²) >= 11 is 0. The van der Waals surface area contributed by atoms with Gasteiger partial charge in [-0.3, -0.25) is 9.59 Å². The standard InChI is InChI=1S/C19H36O4/c1-3-11-18(21)14-9-6-8-13-17(16(2)20)12-7-4-5-10-15-19(22)23/h17-18,21H,3-15H2,1-2H3,(H,22,23)/t17-,18+/m1/s1. The van der Waals surface area contributed by atoms with Crippen LogP contribution in [0.25, 0.3) is 0 Å². The molecule has 4 heteroatoms. The molecule has 23 heavy (non-hydrogen) atoms. The second-order valence-electron chi connectivity index (χ2n) is 6.73. The molecule has 2 atom stereocenters. The van der Waals surface area contributed by atoms with Crippen LogP contribution in [0.2, 0.25) is 0 Å². The van der Waals surface area contributed by atoms with E-state index in [0.717, 1.165) is 77.0 Å². The van der Waals surface area contributed by atoms with Crippen molar-refractivity contribution in [2.45, 2.75) is 103 Å². The predicted molar refractivity (Wildman–Crippen MR) is 93.5 cm³/mol. The van der Waals surface area contributed by atoms with Crippen molar-refractivity contribution >= 4 is 11.8 Å². The van der Waals surface area contributed by atoms with Crippen LogP contribution in [0.15, 0.2) is 0 Å². The van der Waals surface area contributed by atoms with Gasteiger partial charge in [0.2, 0.25) is 0 Å². The van der Waals surface area contributed by atoms with Gasteiger partial charge in [-0.25, -0.2) is 0 Å². The lowest BCUT2D eigenvalue weighted by Gasteiger charge is -2.14. The highest BCUT2D eigenvalue weighted by Gasteiger charge is 2.13. The molecule has 2 N–H and O–H groups in total. The van der Waals surface area contributed by atoms with E-state index in [1.54, 1.807) is 6.92 Å². The molecule has 0 spiro atoms. The van der Waals surface area contributed by atoms with E-state index in [4.69, 9.17) is 5.11 Å². The molecule has 0 saturated heterocycles. The Bertz CT molecular complexity index is 314. The number of Topliss-reactive ketones (excluding diaryl/α,β-unsaturated/α-hetero) is 1. The average Bonchev–Trinajstić information content (AvgIpc) is 2.47. The van der Waals surface area contributed by atoms with E-state index in [9.17, 15) is 14.7 Å². The Balaban J connectivity index is 3.66. The molecular formula is C19H36O4. The highest BCUT2D eigenvalue weighted by atomic mass is 16.4. The molecule has 0 aliphatic heterocycles. The number of carbonyl (C=O) groups is 2. The summed E-state index contributed by atoms with van der Waals surface area (Å²) in [5.41, 5.74) is 0. The molecule has 0 aromatic heterocycles. The smallest absolute Gasteiger partial charge is 0.303 e. The topological polar surface area (TPSA) is 74.6 Å². The van der Waals surface area contributed by atoms with Gasteiger partial charge < -0.3 is 10.2 Å². The zero-order valence-corrected chi connectivity index (χ0v) is 15.1. The second kappa shape index (κ2) is 14.7. The molecule has 0 fully saturated rings. The van der Waals surface area contributed by atoms with Crippen LogP contribution in [0.5, 0.6) is 0 Å². The molecule has 0 aliphatic rings. The summed E-state index contributed by atoms with van der Waals surface area (Å²) in [6.07, 6.45) is 11.7. The molecular weight excluding hydrogens is 292 g/mol. The first kappa shape index (κ1) is 22.1. The maximum Gasteiger partial charge on any atom is 0.303 e. The number of aliphatic hydroxyl groups is 1. The fourth-order valence-electron chi connectivity index (χ4n) is 3.00. The van der Waals surface area contributed by atoms with Gasteiger partial charge in [-0.15, -0.1) is 0 Å². The lowest BCUT2D eigenvalue weighted by atomic mass is 9.91. The lowest BCUT2D eigenvalue weighted by Crippen LogP contribution is -2.11. The van der Waals surface area contributed by atoms with E-state index in [1.165, 1.54) is 0 Å². The monoisotopic (exact) mass is 328 g/mol. The van der Waals surface area contributed by atoms with Crippen molar-refractivity contribution in [1.82, 2.24) is 0 Å². The van der Waals surface area contributed by atoms with Crippen molar-refractivity contribution in [3.05, 3.63) is 0 Å². The van der Waals surface area contributed by atoms with Gasteiger partial charge in [-0.2, -0.15) is 0 Å². The van der Waals surface area contributed by atoms with Crippen LogP contribution in [-0.4, -0.2) is 28.1 Å². The molecule has 0 rings (SSSR count). The summed E-state index contributed by atoms with van der Waals surface area (Å²) in [7, 11) is 0. The number of carboxylic acids is 1. The van der Waals surface area contributed by atoms with Crippen LogP contribution < -0.4 is 0 Å². The Kier molecular flexibility index (Phi) is 14.1. The molecule has 136 valence electrons. The maximum absolute atomic E-state index is 11.7. The Morgan fingerprint density at radius 2 is 1.35 bits per heavy atom. The van der Waals surface area contributed by atoms with Gasteiger partial charge in [0.05, 0.1) is 6.10 Å². The van der Waals surface area contributed by atoms with Crippen molar-refractivity contribution in [3.63, 3.8) is 0 Å². The van der Waals surface area contributed by atoms with Gasteiger partial charge in [0.25, 0.3) is 0 Å². The molecule has 0 bridgehead atoms. The number of hydrogen-bond donors (Lipinski definition) is 2. The minimum absolute atomic E-state index is 0.158. The highest BCUT2D eigenvalue weighted by Crippen LogP contribution is 2.20. The highest BCUT2D eigenvalue weighted by molar-refractivity contribution is 5.78. The van der Waals surface area contributed by atoms with Crippen LogP contribution in [0.3, 0.4) is 0 Å². The van der Waals surface area contributed by atoms with E-state index < -0.39 is 5.97 Å². The van der Waals surface area contributed by atoms with Crippen molar-refractivity contribution in [3.8, 4) is 0 Å². The van der Waals surface area contributed by atoms with Crippen molar-refractivity contribution in [1.29, 1.82) is 0 Å². The van der Waals surface area contributed by atoms with Gasteiger partial charge in [-0.1, -0.05) is 51.9 Å². The first-order valence-corrected chi connectivity index (χ1v) is 9.37.